The van der Waals surface area contributed by atoms with Crippen LogP contribution in [0.1, 0.15) is 26.2 Å². The monoisotopic (exact) mass is 149 g/mol. The Bertz CT molecular complexity index is 136. The molecule has 3 heteroatoms. The van der Waals surface area contributed by atoms with Crippen molar-refractivity contribution in [2.75, 3.05) is 6.54 Å². The minimum absolute atomic E-state index is 0.0146. The van der Waals surface area contributed by atoms with E-state index >= 15 is 0 Å². The van der Waals surface area contributed by atoms with Crippen LogP contribution >= 0.6 is 0 Å². The van der Waals surface area contributed by atoms with Gasteiger partial charge in [-0.15, -0.1) is 0 Å². The van der Waals surface area contributed by atoms with E-state index in [0.29, 0.717) is 12.8 Å². The molecule has 1 aliphatic carbocycles. The molecule has 0 amide bonds. The van der Waals surface area contributed by atoms with E-state index in [-0.39, 0.29) is 13.0 Å². The standard InChI is InChI=1S/C7H13F2N/c1-6(5-10)3-2-4-7(6,8)9/h2-5,10H2,1H3. The minimum atomic E-state index is -2.53. The summed E-state index contributed by atoms with van der Waals surface area (Å²) in [7, 11) is 0. The van der Waals surface area contributed by atoms with Crippen molar-refractivity contribution < 1.29 is 8.78 Å². The summed E-state index contributed by atoms with van der Waals surface area (Å²) in [6.07, 6.45) is 1.19. The molecule has 0 bridgehead atoms. The first kappa shape index (κ1) is 7.92. The lowest BCUT2D eigenvalue weighted by molar-refractivity contribution is -0.0847. The van der Waals surface area contributed by atoms with Crippen LogP contribution in [0.4, 0.5) is 8.78 Å². The molecule has 1 unspecified atom stereocenters. The van der Waals surface area contributed by atoms with Gasteiger partial charge in [-0.1, -0.05) is 6.92 Å². The van der Waals surface area contributed by atoms with Crippen LogP contribution in [0, 0.1) is 5.41 Å². The summed E-state index contributed by atoms with van der Waals surface area (Å²) in [6, 6.07) is 0. The largest absolute Gasteiger partial charge is 0.330 e. The highest BCUT2D eigenvalue weighted by atomic mass is 19.3. The third-order valence-corrected chi connectivity index (χ3v) is 2.55. The predicted molar refractivity (Wildman–Crippen MR) is 36.0 cm³/mol. The predicted octanol–water partition coefficient (Wildman–Crippen LogP) is 1.77. The van der Waals surface area contributed by atoms with Gasteiger partial charge in [-0.2, -0.15) is 0 Å². The van der Waals surface area contributed by atoms with Crippen molar-refractivity contribution in [3.8, 4) is 0 Å². The minimum Gasteiger partial charge on any atom is -0.330 e. The highest BCUT2D eigenvalue weighted by Gasteiger charge is 2.52. The summed E-state index contributed by atoms with van der Waals surface area (Å²) in [5.74, 6) is -2.53. The average Bonchev–Trinajstić information content (AvgIpc) is 2.10. The molecule has 1 rings (SSSR count). The van der Waals surface area contributed by atoms with Crippen molar-refractivity contribution in [1.82, 2.24) is 0 Å². The molecule has 0 radical (unpaired) electrons. The fourth-order valence-corrected chi connectivity index (χ4v) is 1.44. The highest BCUT2D eigenvalue weighted by molar-refractivity contribution is 4.95. The maximum absolute atomic E-state index is 12.9. The van der Waals surface area contributed by atoms with Crippen LogP contribution in [0.25, 0.3) is 0 Å². The third-order valence-electron chi connectivity index (χ3n) is 2.55. The summed E-state index contributed by atoms with van der Waals surface area (Å²) in [6.45, 7) is 1.67. The molecule has 0 saturated heterocycles. The van der Waals surface area contributed by atoms with Gasteiger partial charge in [-0.3, -0.25) is 0 Å². The second-order valence-corrected chi connectivity index (χ2v) is 3.32. The molecule has 2 N–H and O–H groups in total. The van der Waals surface area contributed by atoms with Crippen LogP contribution < -0.4 is 5.73 Å². The molecule has 0 aromatic heterocycles. The molecule has 1 saturated carbocycles. The number of alkyl halides is 2. The Morgan fingerprint density at radius 3 is 2.20 bits per heavy atom. The maximum atomic E-state index is 12.9. The first-order chi connectivity index (χ1) is 4.52. The summed E-state index contributed by atoms with van der Waals surface area (Å²) in [4.78, 5) is 0. The van der Waals surface area contributed by atoms with Crippen molar-refractivity contribution in [3.05, 3.63) is 0 Å². The van der Waals surface area contributed by atoms with Gasteiger partial charge in [0.1, 0.15) is 0 Å². The molecule has 1 nitrogen and oxygen atoms in total. The van der Waals surface area contributed by atoms with Crippen molar-refractivity contribution >= 4 is 0 Å². The van der Waals surface area contributed by atoms with Gasteiger partial charge in [0.15, 0.2) is 0 Å². The van der Waals surface area contributed by atoms with Crippen LogP contribution in [0.15, 0.2) is 0 Å². The van der Waals surface area contributed by atoms with E-state index in [2.05, 4.69) is 0 Å². The van der Waals surface area contributed by atoms with E-state index in [1.54, 1.807) is 6.92 Å². The molecule has 10 heavy (non-hydrogen) atoms. The van der Waals surface area contributed by atoms with Gasteiger partial charge in [0.05, 0.1) is 0 Å². The first-order valence-corrected chi connectivity index (χ1v) is 3.60. The summed E-state index contributed by atoms with van der Waals surface area (Å²) >= 11 is 0. The third kappa shape index (κ3) is 0.926. The van der Waals surface area contributed by atoms with Crippen LogP contribution in [0.5, 0.6) is 0 Å². The van der Waals surface area contributed by atoms with Crippen molar-refractivity contribution in [2.45, 2.75) is 32.1 Å². The molecule has 1 aliphatic rings. The van der Waals surface area contributed by atoms with Crippen LogP contribution in [0.2, 0.25) is 0 Å². The molecule has 0 aromatic carbocycles. The van der Waals surface area contributed by atoms with Gasteiger partial charge >= 0.3 is 0 Å². The van der Waals surface area contributed by atoms with E-state index in [0.717, 1.165) is 0 Å². The van der Waals surface area contributed by atoms with E-state index in [1.807, 2.05) is 0 Å². The zero-order valence-electron chi connectivity index (χ0n) is 6.16. The van der Waals surface area contributed by atoms with Crippen molar-refractivity contribution in [3.63, 3.8) is 0 Å². The quantitative estimate of drug-likeness (QED) is 0.604. The van der Waals surface area contributed by atoms with Gasteiger partial charge in [0.2, 0.25) is 0 Å². The lowest BCUT2D eigenvalue weighted by Gasteiger charge is -2.29. The number of rotatable bonds is 1. The molecular weight excluding hydrogens is 136 g/mol. The molecular formula is C7H13F2N. The van der Waals surface area contributed by atoms with Crippen LogP contribution in [-0.2, 0) is 0 Å². The lowest BCUT2D eigenvalue weighted by Crippen LogP contribution is -2.39. The van der Waals surface area contributed by atoms with Crippen molar-refractivity contribution in [2.24, 2.45) is 11.1 Å². The molecule has 0 heterocycles. The molecule has 0 aliphatic heterocycles. The zero-order chi connectivity index (χ0) is 7.83. The fourth-order valence-electron chi connectivity index (χ4n) is 1.44. The van der Waals surface area contributed by atoms with Crippen molar-refractivity contribution in [1.29, 1.82) is 0 Å². The SMILES string of the molecule is CC1(CN)CCCC1(F)F. The van der Waals surface area contributed by atoms with Gasteiger partial charge in [-0.25, -0.2) is 8.78 Å². The molecule has 1 fully saturated rings. The van der Waals surface area contributed by atoms with Gasteiger partial charge in [0.25, 0.3) is 5.92 Å². The molecule has 60 valence electrons. The number of hydrogen-bond donors (Lipinski definition) is 1. The van der Waals surface area contributed by atoms with Crippen LogP contribution in [-0.4, -0.2) is 12.5 Å². The molecule has 1 atom stereocenters. The van der Waals surface area contributed by atoms with Gasteiger partial charge in [0, 0.05) is 18.4 Å². The Balaban J connectivity index is 2.76. The van der Waals surface area contributed by atoms with Gasteiger partial charge in [-0.05, 0) is 12.8 Å². The number of nitrogens with two attached hydrogens (primary N) is 1. The van der Waals surface area contributed by atoms with E-state index in [9.17, 15) is 8.78 Å². The summed E-state index contributed by atoms with van der Waals surface area (Å²) in [5.41, 5.74) is 4.34. The van der Waals surface area contributed by atoms with E-state index in [4.69, 9.17) is 5.73 Å². The average molecular weight is 149 g/mol. The second kappa shape index (κ2) is 2.16. The maximum Gasteiger partial charge on any atom is 0.254 e. The molecule has 0 spiro atoms. The summed E-state index contributed by atoms with van der Waals surface area (Å²) < 4.78 is 25.8. The smallest absolute Gasteiger partial charge is 0.254 e. The van der Waals surface area contributed by atoms with Crippen LogP contribution in [0.3, 0.4) is 0 Å². The highest BCUT2D eigenvalue weighted by Crippen LogP contribution is 2.49. The molecule has 0 aromatic rings. The zero-order valence-corrected chi connectivity index (χ0v) is 6.16. The number of halogens is 2. The first-order valence-electron chi connectivity index (χ1n) is 3.60. The lowest BCUT2D eigenvalue weighted by atomic mass is 9.86. The fraction of sp³-hybridized carbons (Fsp3) is 1.00. The Hall–Kier alpha value is -0.180. The Kier molecular flexibility index (Phi) is 1.71. The Labute approximate surface area is 59.6 Å². The van der Waals surface area contributed by atoms with E-state index < -0.39 is 11.3 Å². The number of hydrogen-bond acceptors (Lipinski definition) is 1. The normalized spacial score (nSPS) is 38.4. The van der Waals surface area contributed by atoms with Gasteiger partial charge < -0.3 is 5.73 Å². The van der Waals surface area contributed by atoms with E-state index in [1.165, 1.54) is 0 Å². The summed E-state index contributed by atoms with van der Waals surface area (Å²) in [5, 5.41) is 0. The topological polar surface area (TPSA) is 26.0 Å². The Morgan fingerprint density at radius 1 is 1.40 bits per heavy atom. The second-order valence-electron chi connectivity index (χ2n) is 3.32. The Morgan fingerprint density at radius 2 is 2.00 bits per heavy atom.